The van der Waals surface area contributed by atoms with Gasteiger partial charge in [0.15, 0.2) is 5.69 Å². The Kier molecular flexibility index (Phi) is 4.03. The maximum absolute atomic E-state index is 5.90. The van der Waals surface area contributed by atoms with Gasteiger partial charge in [0.25, 0.3) is 5.89 Å². The van der Waals surface area contributed by atoms with Gasteiger partial charge in [0.05, 0.1) is 11.4 Å². The number of hydrogen-bond acceptors (Lipinski definition) is 4. The third-order valence-corrected chi connectivity index (χ3v) is 4.44. The van der Waals surface area contributed by atoms with E-state index in [0.29, 0.717) is 17.5 Å². The van der Waals surface area contributed by atoms with Crippen LogP contribution in [0.1, 0.15) is 0 Å². The molecule has 5 heteroatoms. The zero-order valence-corrected chi connectivity index (χ0v) is 14.9. The smallest absolute Gasteiger partial charge is 0.268 e. The fraction of sp³-hybridized carbons (Fsp3) is 0. The maximum atomic E-state index is 5.90. The number of aromatic nitrogens is 4. The zero-order valence-electron chi connectivity index (χ0n) is 14.9. The first-order chi connectivity index (χ1) is 13.9. The van der Waals surface area contributed by atoms with Crippen molar-refractivity contribution in [3.05, 3.63) is 97.1 Å². The predicted octanol–water partition coefficient (Wildman–Crippen LogP) is 5.26. The van der Waals surface area contributed by atoms with Crippen molar-refractivity contribution in [3.63, 3.8) is 0 Å². The summed E-state index contributed by atoms with van der Waals surface area (Å²) in [6.45, 7) is 0. The molecule has 0 spiro atoms. The molecule has 0 bridgehead atoms. The average molecular weight is 364 g/mol. The van der Waals surface area contributed by atoms with E-state index < -0.39 is 0 Å². The largest absolute Gasteiger partial charge is 0.415 e. The summed E-state index contributed by atoms with van der Waals surface area (Å²) in [7, 11) is 0. The Labute approximate surface area is 161 Å². The van der Waals surface area contributed by atoms with Crippen molar-refractivity contribution in [1.82, 2.24) is 20.0 Å². The Hall–Kier alpha value is -3.99. The SMILES string of the molecule is c1ccc(-c2nnc(-c3cc(-c4ccccc4)n(-c4ccccc4)n3)o2)cc1. The third kappa shape index (κ3) is 2.99. The lowest BCUT2D eigenvalue weighted by molar-refractivity contribution is 0.581. The van der Waals surface area contributed by atoms with Crippen molar-refractivity contribution in [3.8, 4) is 40.0 Å². The van der Waals surface area contributed by atoms with Crippen LogP contribution in [0.25, 0.3) is 40.0 Å². The van der Waals surface area contributed by atoms with Gasteiger partial charge in [-0.2, -0.15) is 5.10 Å². The maximum Gasteiger partial charge on any atom is 0.268 e. The molecule has 0 saturated carbocycles. The highest BCUT2D eigenvalue weighted by Crippen LogP contribution is 2.29. The topological polar surface area (TPSA) is 56.7 Å². The molecule has 3 aromatic carbocycles. The summed E-state index contributed by atoms with van der Waals surface area (Å²) in [5.74, 6) is 0.872. The second-order valence-corrected chi connectivity index (χ2v) is 6.31. The van der Waals surface area contributed by atoms with E-state index in [1.165, 1.54) is 0 Å². The predicted molar refractivity (Wildman–Crippen MR) is 108 cm³/mol. The van der Waals surface area contributed by atoms with Crippen molar-refractivity contribution in [1.29, 1.82) is 0 Å². The molecule has 0 fully saturated rings. The summed E-state index contributed by atoms with van der Waals surface area (Å²) in [5, 5.41) is 13.1. The summed E-state index contributed by atoms with van der Waals surface area (Å²) in [5.41, 5.74) is 4.51. The molecule has 0 aliphatic heterocycles. The minimum absolute atomic E-state index is 0.394. The first kappa shape index (κ1) is 16.2. The molecule has 0 saturated heterocycles. The van der Waals surface area contributed by atoms with Crippen molar-refractivity contribution >= 4 is 0 Å². The molecule has 0 unspecified atom stereocenters. The normalized spacial score (nSPS) is 10.9. The monoisotopic (exact) mass is 364 g/mol. The molecule has 28 heavy (non-hydrogen) atoms. The molecular weight excluding hydrogens is 348 g/mol. The van der Waals surface area contributed by atoms with Crippen LogP contribution in [0, 0.1) is 0 Å². The van der Waals surface area contributed by atoms with Gasteiger partial charge in [-0.15, -0.1) is 10.2 Å². The molecule has 134 valence electrons. The Morgan fingerprint density at radius 2 is 1.18 bits per heavy atom. The number of benzene rings is 3. The molecular formula is C23H16N4O. The lowest BCUT2D eigenvalue weighted by Crippen LogP contribution is -1.98. The zero-order chi connectivity index (χ0) is 18.8. The highest BCUT2D eigenvalue weighted by molar-refractivity contribution is 5.67. The third-order valence-electron chi connectivity index (χ3n) is 4.44. The van der Waals surface area contributed by atoms with Crippen LogP contribution in [0.4, 0.5) is 0 Å². The van der Waals surface area contributed by atoms with Crippen LogP contribution >= 0.6 is 0 Å². The molecule has 0 aliphatic carbocycles. The Bertz CT molecular complexity index is 1140. The summed E-state index contributed by atoms with van der Waals surface area (Å²) >= 11 is 0. The first-order valence-corrected chi connectivity index (χ1v) is 8.99. The molecule has 0 aliphatic rings. The number of hydrogen-bond donors (Lipinski definition) is 0. The molecule has 2 aromatic heterocycles. The molecule has 0 amide bonds. The summed E-state index contributed by atoms with van der Waals surface area (Å²) in [4.78, 5) is 0. The Morgan fingerprint density at radius 1 is 0.607 bits per heavy atom. The quantitative estimate of drug-likeness (QED) is 0.437. The lowest BCUT2D eigenvalue weighted by atomic mass is 10.1. The van der Waals surface area contributed by atoms with E-state index >= 15 is 0 Å². The van der Waals surface area contributed by atoms with Crippen LogP contribution in [0.15, 0.2) is 101 Å². The van der Waals surface area contributed by atoms with Gasteiger partial charge < -0.3 is 4.42 Å². The van der Waals surface area contributed by atoms with Crippen LogP contribution in [0.3, 0.4) is 0 Å². The summed E-state index contributed by atoms with van der Waals surface area (Å²) < 4.78 is 7.80. The van der Waals surface area contributed by atoms with Crippen molar-refractivity contribution in [2.75, 3.05) is 0 Å². The van der Waals surface area contributed by atoms with Crippen LogP contribution in [-0.2, 0) is 0 Å². The van der Waals surface area contributed by atoms with E-state index in [1.54, 1.807) is 0 Å². The van der Waals surface area contributed by atoms with Crippen molar-refractivity contribution in [2.45, 2.75) is 0 Å². The van der Waals surface area contributed by atoms with E-state index in [4.69, 9.17) is 9.52 Å². The van der Waals surface area contributed by atoms with E-state index in [-0.39, 0.29) is 0 Å². The number of para-hydroxylation sites is 1. The van der Waals surface area contributed by atoms with Gasteiger partial charge in [-0.1, -0.05) is 66.7 Å². The Balaban J connectivity index is 1.62. The van der Waals surface area contributed by atoms with E-state index in [2.05, 4.69) is 22.3 Å². The standard InChI is InChI=1S/C23H16N4O/c1-4-10-17(11-5-1)21-16-20(26-27(21)19-14-8-3-9-15-19)23-25-24-22(28-23)18-12-6-2-7-13-18/h1-16H. The highest BCUT2D eigenvalue weighted by atomic mass is 16.4. The van der Waals surface area contributed by atoms with E-state index in [0.717, 1.165) is 22.5 Å². The molecule has 5 nitrogen and oxygen atoms in total. The number of rotatable bonds is 4. The van der Waals surface area contributed by atoms with Gasteiger partial charge in [0.1, 0.15) is 0 Å². The summed E-state index contributed by atoms with van der Waals surface area (Å²) in [6.07, 6.45) is 0. The van der Waals surface area contributed by atoms with Gasteiger partial charge in [-0.3, -0.25) is 0 Å². The Morgan fingerprint density at radius 3 is 1.86 bits per heavy atom. The van der Waals surface area contributed by atoms with Crippen LogP contribution in [0.5, 0.6) is 0 Å². The minimum Gasteiger partial charge on any atom is -0.415 e. The van der Waals surface area contributed by atoms with Crippen molar-refractivity contribution < 1.29 is 4.42 Å². The van der Waals surface area contributed by atoms with Gasteiger partial charge in [-0.25, -0.2) is 4.68 Å². The fourth-order valence-corrected chi connectivity index (χ4v) is 3.09. The molecule has 5 aromatic rings. The second-order valence-electron chi connectivity index (χ2n) is 6.31. The van der Waals surface area contributed by atoms with Gasteiger partial charge in [0, 0.05) is 11.1 Å². The molecule has 0 radical (unpaired) electrons. The number of nitrogens with zero attached hydrogens (tertiary/aromatic N) is 4. The molecule has 0 atom stereocenters. The lowest BCUT2D eigenvalue weighted by Gasteiger charge is -2.07. The average Bonchev–Trinajstić information content (AvgIpc) is 3.43. The van der Waals surface area contributed by atoms with Crippen LogP contribution in [0.2, 0.25) is 0 Å². The minimum atomic E-state index is 0.394. The van der Waals surface area contributed by atoms with Gasteiger partial charge >= 0.3 is 0 Å². The van der Waals surface area contributed by atoms with Crippen LogP contribution in [-0.4, -0.2) is 20.0 Å². The molecule has 5 rings (SSSR count). The fourth-order valence-electron chi connectivity index (χ4n) is 3.09. The molecule has 2 heterocycles. The second kappa shape index (κ2) is 6.96. The summed E-state index contributed by atoms with van der Waals surface area (Å²) in [6, 6.07) is 31.8. The first-order valence-electron chi connectivity index (χ1n) is 8.99. The van der Waals surface area contributed by atoms with E-state index in [1.807, 2.05) is 89.6 Å². The molecule has 0 N–H and O–H groups in total. The highest BCUT2D eigenvalue weighted by Gasteiger charge is 2.17. The van der Waals surface area contributed by atoms with E-state index in [9.17, 15) is 0 Å². The van der Waals surface area contributed by atoms with Gasteiger partial charge in [-0.05, 0) is 30.3 Å². The van der Waals surface area contributed by atoms with Crippen LogP contribution < -0.4 is 0 Å². The van der Waals surface area contributed by atoms with Gasteiger partial charge in [0.2, 0.25) is 5.89 Å². The van der Waals surface area contributed by atoms with Crippen molar-refractivity contribution in [2.24, 2.45) is 0 Å².